The number of aryl methyl sites for hydroxylation is 2. The summed E-state index contributed by atoms with van der Waals surface area (Å²) in [5.41, 5.74) is 1.37. The van der Waals surface area contributed by atoms with Crippen molar-refractivity contribution in [1.29, 1.82) is 0 Å². The highest BCUT2D eigenvalue weighted by Crippen LogP contribution is 2.26. The smallest absolute Gasteiger partial charge is 0.251 e. The van der Waals surface area contributed by atoms with E-state index in [2.05, 4.69) is 4.98 Å². The molecule has 0 amide bonds. The number of nitrogens with one attached hydrogen (secondary N) is 1. The molecule has 2 rings (SSSR count). The molecule has 0 bridgehead atoms. The third-order valence-corrected chi connectivity index (χ3v) is 2.92. The summed E-state index contributed by atoms with van der Waals surface area (Å²) in [5, 5.41) is 0. The number of aromatic amines is 1. The van der Waals surface area contributed by atoms with Gasteiger partial charge in [-0.3, -0.25) is 4.79 Å². The second-order valence-electron chi connectivity index (χ2n) is 4.25. The molecular formula is C15H17NO3. The number of hydrogen-bond donors (Lipinski definition) is 1. The maximum Gasteiger partial charge on any atom is 0.251 e. The van der Waals surface area contributed by atoms with Gasteiger partial charge in [-0.05, 0) is 31.5 Å². The second kappa shape index (κ2) is 5.61. The summed E-state index contributed by atoms with van der Waals surface area (Å²) in [5.74, 6) is 2.07. The lowest BCUT2D eigenvalue weighted by Crippen LogP contribution is -2.13. The largest absolute Gasteiger partial charge is 0.497 e. The van der Waals surface area contributed by atoms with E-state index in [0.29, 0.717) is 29.2 Å². The molecule has 0 aliphatic heterocycles. The van der Waals surface area contributed by atoms with Crippen LogP contribution in [0.25, 0.3) is 0 Å². The Bertz CT molecular complexity index is 632. The Morgan fingerprint density at radius 3 is 2.63 bits per heavy atom. The van der Waals surface area contributed by atoms with Crippen LogP contribution < -0.4 is 15.0 Å². The molecule has 0 aliphatic carbocycles. The van der Waals surface area contributed by atoms with Crippen LogP contribution in [0.4, 0.5) is 0 Å². The molecule has 1 aromatic carbocycles. The van der Waals surface area contributed by atoms with E-state index in [1.165, 1.54) is 0 Å². The van der Waals surface area contributed by atoms with Gasteiger partial charge in [0.15, 0.2) is 0 Å². The first-order valence-electron chi connectivity index (χ1n) is 6.18. The van der Waals surface area contributed by atoms with E-state index in [1.54, 1.807) is 19.2 Å². The fourth-order valence-electron chi connectivity index (χ4n) is 1.80. The number of H-pyrrole nitrogens is 1. The van der Waals surface area contributed by atoms with Crippen molar-refractivity contribution in [1.82, 2.24) is 4.98 Å². The first-order chi connectivity index (χ1) is 9.13. The molecule has 4 nitrogen and oxygen atoms in total. The van der Waals surface area contributed by atoms with Crippen LogP contribution in [0.2, 0.25) is 0 Å². The molecule has 19 heavy (non-hydrogen) atoms. The minimum atomic E-state index is -0.0574. The van der Waals surface area contributed by atoms with Gasteiger partial charge in [-0.2, -0.15) is 0 Å². The maximum atomic E-state index is 11.6. The quantitative estimate of drug-likeness (QED) is 0.918. The Morgan fingerprint density at radius 1 is 1.21 bits per heavy atom. The Kier molecular flexibility index (Phi) is 3.90. The molecule has 0 spiro atoms. The highest BCUT2D eigenvalue weighted by Gasteiger charge is 2.07. The van der Waals surface area contributed by atoms with Gasteiger partial charge in [-0.1, -0.05) is 13.0 Å². The summed E-state index contributed by atoms with van der Waals surface area (Å²) in [7, 11) is 1.61. The average Bonchev–Trinajstić information content (AvgIpc) is 2.42. The first-order valence-corrected chi connectivity index (χ1v) is 6.18. The molecule has 1 heterocycles. The van der Waals surface area contributed by atoms with Crippen LogP contribution in [0, 0.1) is 6.92 Å². The van der Waals surface area contributed by atoms with Crippen LogP contribution in [0.3, 0.4) is 0 Å². The molecule has 1 aromatic heterocycles. The zero-order valence-corrected chi connectivity index (χ0v) is 11.3. The summed E-state index contributed by atoms with van der Waals surface area (Å²) >= 11 is 0. The average molecular weight is 259 g/mol. The molecule has 100 valence electrons. The third kappa shape index (κ3) is 2.96. The zero-order valence-electron chi connectivity index (χ0n) is 11.3. The van der Waals surface area contributed by atoms with Gasteiger partial charge in [0.1, 0.15) is 17.2 Å². The third-order valence-electron chi connectivity index (χ3n) is 2.92. The van der Waals surface area contributed by atoms with Crippen LogP contribution in [-0.2, 0) is 6.42 Å². The summed E-state index contributed by atoms with van der Waals surface area (Å²) in [6.45, 7) is 3.76. The molecule has 0 aliphatic rings. The Morgan fingerprint density at radius 2 is 1.95 bits per heavy atom. The van der Waals surface area contributed by atoms with Crippen LogP contribution in [0.5, 0.6) is 17.2 Å². The van der Waals surface area contributed by atoms with E-state index in [-0.39, 0.29) is 5.56 Å². The van der Waals surface area contributed by atoms with Gasteiger partial charge in [-0.15, -0.1) is 0 Å². The van der Waals surface area contributed by atoms with E-state index in [0.717, 1.165) is 5.75 Å². The van der Waals surface area contributed by atoms with Crippen molar-refractivity contribution < 1.29 is 9.47 Å². The summed E-state index contributed by atoms with van der Waals surface area (Å²) in [4.78, 5) is 14.4. The SMILES string of the molecule is CCc1cc(Oc2cccc(OC)c2)c(C)[nH]c1=O. The van der Waals surface area contributed by atoms with Gasteiger partial charge in [-0.25, -0.2) is 0 Å². The van der Waals surface area contributed by atoms with Crippen molar-refractivity contribution in [3.63, 3.8) is 0 Å². The fourth-order valence-corrected chi connectivity index (χ4v) is 1.80. The molecular weight excluding hydrogens is 242 g/mol. The number of benzene rings is 1. The Balaban J connectivity index is 2.34. The first kappa shape index (κ1) is 13.2. The molecule has 0 saturated carbocycles. The van der Waals surface area contributed by atoms with Crippen LogP contribution in [0.15, 0.2) is 35.1 Å². The standard InChI is InChI=1S/C15H17NO3/c1-4-11-8-14(10(2)16-15(11)17)19-13-7-5-6-12(9-13)18-3/h5-9H,4H2,1-3H3,(H,16,17). The van der Waals surface area contributed by atoms with Gasteiger partial charge in [0.25, 0.3) is 5.56 Å². The van der Waals surface area contributed by atoms with Crippen LogP contribution in [-0.4, -0.2) is 12.1 Å². The van der Waals surface area contributed by atoms with Crippen molar-refractivity contribution in [2.45, 2.75) is 20.3 Å². The normalized spacial score (nSPS) is 10.3. The van der Waals surface area contributed by atoms with E-state index in [4.69, 9.17) is 9.47 Å². The van der Waals surface area contributed by atoms with E-state index >= 15 is 0 Å². The van der Waals surface area contributed by atoms with Crippen molar-refractivity contribution in [2.75, 3.05) is 7.11 Å². The van der Waals surface area contributed by atoms with Crippen LogP contribution >= 0.6 is 0 Å². The lowest BCUT2D eigenvalue weighted by atomic mass is 10.2. The second-order valence-corrected chi connectivity index (χ2v) is 4.25. The van der Waals surface area contributed by atoms with Crippen molar-refractivity contribution >= 4 is 0 Å². The summed E-state index contributed by atoms with van der Waals surface area (Å²) in [6, 6.07) is 9.14. The lowest BCUT2D eigenvalue weighted by molar-refractivity contribution is 0.408. The predicted octanol–water partition coefficient (Wildman–Crippen LogP) is 3.05. The molecule has 1 N–H and O–H groups in total. The number of aromatic nitrogens is 1. The Labute approximate surface area is 112 Å². The fraction of sp³-hybridized carbons (Fsp3) is 0.267. The lowest BCUT2D eigenvalue weighted by Gasteiger charge is -2.10. The number of rotatable bonds is 4. The maximum absolute atomic E-state index is 11.6. The minimum Gasteiger partial charge on any atom is -0.497 e. The van der Waals surface area contributed by atoms with E-state index in [9.17, 15) is 4.79 Å². The molecule has 0 unspecified atom stereocenters. The van der Waals surface area contributed by atoms with Gasteiger partial charge >= 0.3 is 0 Å². The number of hydrogen-bond acceptors (Lipinski definition) is 3. The molecule has 0 fully saturated rings. The number of methoxy groups -OCH3 is 1. The molecule has 0 saturated heterocycles. The highest BCUT2D eigenvalue weighted by atomic mass is 16.5. The molecule has 2 aromatic rings. The topological polar surface area (TPSA) is 51.3 Å². The highest BCUT2D eigenvalue weighted by molar-refractivity contribution is 5.39. The van der Waals surface area contributed by atoms with Crippen molar-refractivity contribution in [3.05, 3.63) is 51.9 Å². The Hall–Kier alpha value is -2.23. The molecule has 4 heteroatoms. The number of pyridine rings is 1. The monoisotopic (exact) mass is 259 g/mol. The molecule has 0 radical (unpaired) electrons. The summed E-state index contributed by atoms with van der Waals surface area (Å²) in [6.07, 6.45) is 0.671. The van der Waals surface area contributed by atoms with E-state index < -0.39 is 0 Å². The van der Waals surface area contributed by atoms with Gasteiger partial charge in [0, 0.05) is 11.6 Å². The van der Waals surface area contributed by atoms with Gasteiger partial charge in [0.2, 0.25) is 0 Å². The van der Waals surface area contributed by atoms with Crippen molar-refractivity contribution in [3.8, 4) is 17.2 Å². The van der Waals surface area contributed by atoms with Crippen molar-refractivity contribution in [2.24, 2.45) is 0 Å². The van der Waals surface area contributed by atoms with Gasteiger partial charge in [0.05, 0.1) is 12.8 Å². The number of ether oxygens (including phenoxy) is 2. The van der Waals surface area contributed by atoms with E-state index in [1.807, 2.05) is 32.0 Å². The predicted molar refractivity (Wildman–Crippen MR) is 74.2 cm³/mol. The summed E-state index contributed by atoms with van der Waals surface area (Å²) < 4.78 is 10.9. The van der Waals surface area contributed by atoms with Crippen LogP contribution in [0.1, 0.15) is 18.2 Å². The van der Waals surface area contributed by atoms with Gasteiger partial charge < -0.3 is 14.5 Å². The molecule has 0 atom stereocenters. The zero-order chi connectivity index (χ0) is 13.8. The minimum absolute atomic E-state index is 0.0574.